The molecule has 0 bridgehead atoms. The normalized spacial score (nSPS) is 15.4. The van der Waals surface area contributed by atoms with Crippen molar-refractivity contribution < 1.29 is 14.3 Å². The molecule has 0 radical (unpaired) electrons. The van der Waals surface area contributed by atoms with Crippen molar-refractivity contribution in [1.29, 1.82) is 0 Å². The molecule has 1 aliphatic heterocycles. The van der Waals surface area contributed by atoms with Crippen LogP contribution >= 0.6 is 12.4 Å². The zero-order valence-electron chi connectivity index (χ0n) is 13.4. The Morgan fingerprint density at radius 2 is 1.90 bits per heavy atom. The molecule has 1 aliphatic rings. The van der Waals surface area contributed by atoms with Crippen LogP contribution in [0.3, 0.4) is 0 Å². The van der Waals surface area contributed by atoms with Crippen LogP contribution in [0.4, 0.5) is 0 Å². The number of amides is 1. The van der Waals surface area contributed by atoms with E-state index in [0.29, 0.717) is 31.3 Å². The number of carbonyl (C=O) groups excluding carboxylic acids is 2. The van der Waals surface area contributed by atoms with E-state index in [9.17, 15) is 9.59 Å². The topological polar surface area (TPSA) is 58.6 Å². The van der Waals surface area contributed by atoms with Crippen LogP contribution in [0.2, 0.25) is 0 Å². The number of esters is 1. The number of piperidine rings is 1. The summed E-state index contributed by atoms with van der Waals surface area (Å²) in [7, 11) is 1.38. The molecule has 6 heteroatoms. The van der Waals surface area contributed by atoms with E-state index in [1.807, 2.05) is 4.90 Å². The van der Waals surface area contributed by atoms with Crippen molar-refractivity contribution in [2.24, 2.45) is 11.8 Å². The molecule has 1 N–H and O–H groups in total. The number of nitrogens with one attached hydrogen (secondary N) is 1. The van der Waals surface area contributed by atoms with E-state index in [1.165, 1.54) is 7.11 Å². The lowest BCUT2D eigenvalue weighted by molar-refractivity contribution is -0.142. The molecule has 0 aromatic heterocycles. The number of nitrogens with zero attached hydrogens (tertiary/aromatic N) is 1. The quantitative estimate of drug-likeness (QED) is 0.727. The number of rotatable bonds is 7. The summed E-state index contributed by atoms with van der Waals surface area (Å²) in [6.45, 7) is 7.36. The number of methoxy groups -OCH3 is 1. The number of hydrogen-bond donors (Lipinski definition) is 1. The predicted molar refractivity (Wildman–Crippen MR) is 85.5 cm³/mol. The van der Waals surface area contributed by atoms with Gasteiger partial charge in [0, 0.05) is 19.5 Å². The lowest BCUT2D eigenvalue weighted by Crippen LogP contribution is -2.38. The highest BCUT2D eigenvalue weighted by molar-refractivity contribution is 5.85. The molecule has 1 fully saturated rings. The molecule has 1 amide bonds. The Morgan fingerprint density at radius 3 is 2.43 bits per heavy atom. The highest BCUT2D eigenvalue weighted by Crippen LogP contribution is 2.18. The Labute approximate surface area is 134 Å². The molecule has 1 rings (SSSR count). The summed E-state index contributed by atoms with van der Waals surface area (Å²) < 4.78 is 4.65. The van der Waals surface area contributed by atoms with Gasteiger partial charge in [0.15, 0.2) is 0 Å². The van der Waals surface area contributed by atoms with Crippen LogP contribution < -0.4 is 5.32 Å². The van der Waals surface area contributed by atoms with Crippen molar-refractivity contribution in [3.05, 3.63) is 0 Å². The lowest BCUT2D eigenvalue weighted by atomic mass is 9.94. The fraction of sp³-hybridized carbons (Fsp3) is 0.867. The van der Waals surface area contributed by atoms with Crippen LogP contribution in [0.1, 0.15) is 39.5 Å². The minimum Gasteiger partial charge on any atom is -0.469 e. The first-order valence-corrected chi connectivity index (χ1v) is 7.58. The maximum atomic E-state index is 12.4. The van der Waals surface area contributed by atoms with Gasteiger partial charge in [-0.15, -0.1) is 12.4 Å². The smallest absolute Gasteiger partial charge is 0.307 e. The van der Waals surface area contributed by atoms with E-state index >= 15 is 0 Å². The molecule has 0 aliphatic carbocycles. The Bertz CT molecular complexity index is 318. The van der Waals surface area contributed by atoms with Gasteiger partial charge in [-0.05, 0) is 37.8 Å². The van der Waals surface area contributed by atoms with Crippen molar-refractivity contribution in [2.75, 3.05) is 33.3 Å². The number of ether oxygens (including phenoxy) is 1. The molecule has 0 saturated carbocycles. The number of carbonyl (C=O) groups is 2. The summed E-state index contributed by atoms with van der Waals surface area (Å²) in [5.74, 6) is 0.809. The van der Waals surface area contributed by atoms with E-state index in [-0.39, 0.29) is 30.7 Å². The first kappa shape index (κ1) is 20.2. The molecule has 21 heavy (non-hydrogen) atoms. The summed E-state index contributed by atoms with van der Waals surface area (Å²) in [6.07, 6.45) is 3.02. The van der Waals surface area contributed by atoms with Gasteiger partial charge in [-0.25, -0.2) is 0 Å². The third kappa shape index (κ3) is 8.27. The lowest BCUT2D eigenvalue weighted by Gasteiger charge is -2.28. The zero-order chi connectivity index (χ0) is 15.0. The molecule has 5 nitrogen and oxygen atoms in total. The molecular formula is C15H29ClN2O3. The first-order valence-electron chi connectivity index (χ1n) is 7.58. The SMILES string of the molecule is COC(=O)CCN(CC(C)C)C(=O)CC1CCNCC1.Cl. The highest BCUT2D eigenvalue weighted by atomic mass is 35.5. The van der Waals surface area contributed by atoms with Crippen molar-refractivity contribution in [2.45, 2.75) is 39.5 Å². The molecule has 0 unspecified atom stereocenters. The highest BCUT2D eigenvalue weighted by Gasteiger charge is 2.22. The molecule has 0 aromatic carbocycles. The van der Waals surface area contributed by atoms with E-state index in [4.69, 9.17) is 0 Å². The van der Waals surface area contributed by atoms with Gasteiger partial charge in [0.2, 0.25) is 5.91 Å². The zero-order valence-corrected chi connectivity index (χ0v) is 14.2. The maximum absolute atomic E-state index is 12.4. The van der Waals surface area contributed by atoms with Crippen LogP contribution in [0.25, 0.3) is 0 Å². The van der Waals surface area contributed by atoms with Gasteiger partial charge in [-0.1, -0.05) is 13.8 Å². The van der Waals surface area contributed by atoms with Gasteiger partial charge >= 0.3 is 5.97 Å². The summed E-state index contributed by atoms with van der Waals surface area (Å²) >= 11 is 0. The Hall–Kier alpha value is -0.810. The molecule has 0 aromatic rings. The second kappa shape index (κ2) is 10.9. The second-order valence-electron chi connectivity index (χ2n) is 5.96. The average Bonchev–Trinajstić information content (AvgIpc) is 2.43. The Balaban J connectivity index is 0.00000400. The number of halogens is 1. The Morgan fingerprint density at radius 1 is 1.29 bits per heavy atom. The van der Waals surface area contributed by atoms with E-state index < -0.39 is 0 Å². The van der Waals surface area contributed by atoms with Crippen molar-refractivity contribution in [3.8, 4) is 0 Å². The van der Waals surface area contributed by atoms with Crippen molar-refractivity contribution in [1.82, 2.24) is 10.2 Å². The minimum absolute atomic E-state index is 0. The monoisotopic (exact) mass is 320 g/mol. The predicted octanol–water partition coefficient (Wildman–Crippen LogP) is 1.85. The third-order valence-corrected chi connectivity index (χ3v) is 3.67. The van der Waals surface area contributed by atoms with E-state index in [0.717, 1.165) is 25.9 Å². The fourth-order valence-electron chi connectivity index (χ4n) is 2.55. The Kier molecular flexibility index (Phi) is 10.4. The van der Waals surface area contributed by atoms with Gasteiger partial charge in [0.1, 0.15) is 0 Å². The van der Waals surface area contributed by atoms with Gasteiger partial charge in [-0.2, -0.15) is 0 Å². The van der Waals surface area contributed by atoms with Crippen LogP contribution in [-0.4, -0.2) is 50.1 Å². The summed E-state index contributed by atoms with van der Waals surface area (Å²) in [5.41, 5.74) is 0. The molecule has 124 valence electrons. The van der Waals surface area contributed by atoms with Crippen LogP contribution in [0, 0.1) is 11.8 Å². The summed E-state index contributed by atoms with van der Waals surface area (Å²) in [6, 6.07) is 0. The van der Waals surface area contributed by atoms with Crippen LogP contribution in [0.5, 0.6) is 0 Å². The summed E-state index contributed by atoms with van der Waals surface area (Å²) in [4.78, 5) is 25.5. The first-order chi connectivity index (χ1) is 9.52. The average molecular weight is 321 g/mol. The largest absolute Gasteiger partial charge is 0.469 e. The van der Waals surface area contributed by atoms with Gasteiger partial charge in [0.05, 0.1) is 13.5 Å². The standard InChI is InChI=1S/C15H28N2O3.ClH/c1-12(2)11-17(9-6-15(19)20-3)14(18)10-13-4-7-16-8-5-13;/h12-13,16H,4-11H2,1-3H3;1H. The van der Waals surface area contributed by atoms with Gasteiger partial charge in [-0.3, -0.25) is 9.59 Å². The molecule has 1 saturated heterocycles. The maximum Gasteiger partial charge on any atom is 0.307 e. The molecule has 0 atom stereocenters. The third-order valence-electron chi connectivity index (χ3n) is 3.67. The van der Waals surface area contributed by atoms with E-state index in [2.05, 4.69) is 23.9 Å². The second-order valence-corrected chi connectivity index (χ2v) is 5.96. The van der Waals surface area contributed by atoms with Crippen LogP contribution in [-0.2, 0) is 14.3 Å². The number of hydrogen-bond acceptors (Lipinski definition) is 4. The van der Waals surface area contributed by atoms with Gasteiger partial charge in [0.25, 0.3) is 0 Å². The fourth-order valence-corrected chi connectivity index (χ4v) is 2.55. The molecule has 0 spiro atoms. The van der Waals surface area contributed by atoms with E-state index in [1.54, 1.807) is 0 Å². The van der Waals surface area contributed by atoms with Crippen molar-refractivity contribution >= 4 is 24.3 Å². The van der Waals surface area contributed by atoms with Gasteiger partial charge < -0.3 is 15.0 Å². The van der Waals surface area contributed by atoms with Crippen LogP contribution in [0.15, 0.2) is 0 Å². The summed E-state index contributed by atoms with van der Waals surface area (Å²) in [5, 5.41) is 3.31. The van der Waals surface area contributed by atoms with Crippen molar-refractivity contribution in [3.63, 3.8) is 0 Å². The molecular weight excluding hydrogens is 292 g/mol. The minimum atomic E-state index is -0.256. The molecule has 1 heterocycles.